The first-order valence-electron chi connectivity index (χ1n) is 9.27. The van der Waals surface area contributed by atoms with E-state index in [1.54, 1.807) is 0 Å². The lowest BCUT2D eigenvalue weighted by atomic mass is 9.80. The summed E-state index contributed by atoms with van der Waals surface area (Å²) in [5.41, 5.74) is 0. The van der Waals surface area contributed by atoms with Crippen molar-refractivity contribution in [3.8, 4) is 0 Å². The minimum atomic E-state index is -3.84. The van der Waals surface area contributed by atoms with Crippen molar-refractivity contribution in [3.63, 3.8) is 0 Å². The van der Waals surface area contributed by atoms with Crippen molar-refractivity contribution in [3.05, 3.63) is 0 Å². The topological polar surface area (TPSA) is 60.7 Å². The van der Waals surface area contributed by atoms with Crippen LogP contribution < -0.4 is 0 Å². The van der Waals surface area contributed by atoms with Crippen molar-refractivity contribution in [1.82, 2.24) is 0 Å². The zero-order chi connectivity index (χ0) is 17.2. The molecule has 22 heavy (non-hydrogen) atoms. The first-order chi connectivity index (χ1) is 10.2. The van der Waals surface area contributed by atoms with Crippen LogP contribution in [-0.4, -0.2) is 19.8 Å². The molecule has 0 fully saturated rings. The van der Waals surface area contributed by atoms with Gasteiger partial charge in [0.1, 0.15) is 0 Å². The molecule has 0 radical (unpaired) electrons. The Labute approximate surface area is 139 Å². The van der Waals surface area contributed by atoms with Crippen LogP contribution >= 0.6 is 7.94 Å². The molecule has 0 aromatic rings. The molecule has 0 saturated carbocycles. The lowest BCUT2D eigenvalue weighted by molar-refractivity contribution is 0.195. The molecule has 0 heterocycles. The standard InChI is InChI=1S/C18H40O3P/c1-6-7-8-9-10-11-12-13-14-15-18(16(2)3,17(4)5)22(19,20)21/h16-17,19-21H,6-15H2,1-5H3/q+1. The normalized spacial score (nSPS) is 13.4. The van der Waals surface area contributed by atoms with Gasteiger partial charge in [0.2, 0.25) is 0 Å². The molecule has 0 aromatic carbocycles. The maximum atomic E-state index is 10.0. The highest BCUT2D eigenvalue weighted by atomic mass is 31.2. The van der Waals surface area contributed by atoms with Crippen molar-refractivity contribution >= 4 is 7.94 Å². The van der Waals surface area contributed by atoms with Gasteiger partial charge in [0.25, 0.3) is 0 Å². The molecule has 3 N–H and O–H groups in total. The summed E-state index contributed by atoms with van der Waals surface area (Å²) < 4.78 is 0. The van der Waals surface area contributed by atoms with Crippen molar-refractivity contribution < 1.29 is 14.7 Å². The molecule has 0 aliphatic heterocycles. The van der Waals surface area contributed by atoms with E-state index in [0.29, 0.717) is 6.42 Å². The van der Waals surface area contributed by atoms with Gasteiger partial charge in [-0.05, 0) is 12.8 Å². The third kappa shape index (κ3) is 6.83. The van der Waals surface area contributed by atoms with E-state index in [2.05, 4.69) is 6.92 Å². The zero-order valence-corrected chi connectivity index (χ0v) is 16.4. The van der Waals surface area contributed by atoms with Crippen LogP contribution in [0.25, 0.3) is 0 Å². The summed E-state index contributed by atoms with van der Waals surface area (Å²) in [6.45, 7) is 10.2. The molecule has 0 bridgehead atoms. The maximum absolute atomic E-state index is 10.0. The molecule has 0 amide bonds. The summed E-state index contributed by atoms with van der Waals surface area (Å²) in [7, 11) is -3.84. The van der Waals surface area contributed by atoms with E-state index >= 15 is 0 Å². The Morgan fingerprint density at radius 3 is 1.36 bits per heavy atom. The van der Waals surface area contributed by atoms with Gasteiger partial charge in [-0.15, -0.1) is 0 Å². The Bertz CT molecular complexity index is 264. The summed E-state index contributed by atoms with van der Waals surface area (Å²) in [5, 5.41) is -0.742. The Morgan fingerprint density at radius 1 is 0.682 bits per heavy atom. The summed E-state index contributed by atoms with van der Waals surface area (Å²) in [6.07, 6.45) is 11.9. The molecule has 3 nitrogen and oxygen atoms in total. The van der Waals surface area contributed by atoms with E-state index in [-0.39, 0.29) is 11.8 Å². The SMILES string of the molecule is CCCCCCCCCCCC(C(C)C)(C(C)C)[P+](O)(O)O. The number of unbranched alkanes of at least 4 members (excludes halogenated alkanes) is 8. The van der Waals surface area contributed by atoms with Crippen LogP contribution in [0, 0.1) is 11.8 Å². The van der Waals surface area contributed by atoms with Crippen LogP contribution in [0.1, 0.15) is 98.8 Å². The molecule has 0 aliphatic rings. The van der Waals surface area contributed by atoms with Gasteiger partial charge in [-0.25, -0.2) is 0 Å². The van der Waals surface area contributed by atoms with E-state index in [0.717, 1.165) is 12.8 Å². The fourth-order valence-electron chi connectivity index (χ4n) is 3.81. The second-order valence-corrected chi connectivity index (χ2v) is 9.42. The van der Waals surface area contributed by atoms with Crippen LogP contribution in [0.2, 0.25) is 0 Å². The van der Waals surface area contributed by atoms with E-state index in [9.17, 15) is 14.7 Å². The van der Waals surface area contributed by atoms with Gasteiger partial charge in [-0.1, -0.05) is 86.0 Å². The van der Waals surface area contributed by atoms with Gasteiger partial charge >= 0.3 is 7.94 Å². The molecule has 134 valence electrons. The Morgan fingerprint density at radius 2 is 1.05 bits per heavy atom. The molecule has 0 atom stereocenters. The van der Waals surface area contributed by atoms with Crippen LogP contribution in [0.5, 0.6) is 0 Å². The van der Waals surface area contributed by atoms with Gasteiger partial charge in [0.05, 0.1) is 0 Å². The largest absolute Gasteiger partial charge is 0.410 e. The van der Waals surface area contributed by atoms with E-state index in [1.807, 2.05) is 27.7 Å². The average Bonchev–Trinajstić information content (AvgIpc) is 2.38. The predicted molar refractivity (Wildman–Crippen MR) is 97.8 cm³/mol. The molecule has 0 saturated heterocycles. The monoisotopic (exact) mass is 335 g/mol. The van der Waals surface area contributed by atoms with E-state index < -0.39 is 13.1 Å². The molecular weight excluding hydrogens is 295 g/mol. The Kier molecular flexibility index (Phi) is 11.1. The van der Waals surface area contributed by atoms with Crippen LogP contribution in [0.4, 0.5) is 0 Å². The van der Waals surface area contributed by atoms with Crippen LogP contribution in [0.3, 0.4) is 0 Å². The summed E-state index contributed by atoms with van der Waals surface area (Å²) >= 11 is 0. The highest BCUT2D eigenvalue weighted by Gasteiger charge is 2.61. The summed E-state index contributed by atoms with van der Waals surface area (Å²) in [4.78, 5) is 30.0. The Hall–Kier alpha value is 0.310. The van der Waals surface area contributed by atoms with Gasteiger partial charge in [-0.3, -0.25) is 0 Å². The molecule has 4 heteroatoms. The lowest BCUT2D eigenvalue weighted by Crippen LogP contribution is -2.43. The molecule has 0 spiro atoms. The fraction of sp³-hybridized carbons (Fsp3) is 1.00. The van der Waals surface area contributed by atoms with Crippen LogP contribution in [-0.2, 0) is 0 Å². The van der Waals surface area contributed by atoms with E-state index in [1.165, 1.54) is 44.9 Å². The van der Waals surface area contributed by atoms with Gasteiger partial charge in [-0.2, -0.15) is 14.7 Å². The van der Waals surface area contributed by atoms with Crippen molar-refractivity contribution in [1.29, 1.82) is 0 Å². The number of hydrogen-bond acceptors (Lipinski definition) is 3. The maximum Gasteiger partial charge on any atom is 0.410 e. The first-order valence-corrected chi connectivity index (χ1v) is 10.9. The minimum absolute atomic E-state index is 0.0647. The quantitative estimate of drug-likeness (QED) is 0.299. The van der Waals surface area contributed by atoms with E-state index in [4.69, 9.17) is 0 Å². The second kappa shape index (κ2) is 11.0. The highest BCUT2D eigenvalue weighted by Crippen LogP contribution is 2.66. The lowest BCUT2D eigenvalue weighted by Gasteiger charge is -2.39. The van der Waals surface area contributed by atoms with Crippen molar-refractivity contribution in [2.45, 2.75) is 104 Å². The number of rotatable bonds is 13. The fourth-order valence-corrected chi connectivity index (χ4v) is 5.65. The summed E-state index contributed by atoms with van der Waals surface area (Å²) in [6, 6.07) is 0. The molecule has 0 rings (SSSR count). The highest BCUT2D eigenvalue weighted by molar-refractivity contribution is 7.60. The molecule has 0 aliphatic carbocycles. The second-order valence-electron chi connectivity index (χ2n) is 7.45. The molecule has 0 aromatic heterocycles. The molecule has 0 unspecified atom stereocenters. The third-order valence-corrected chi connectivity index (χ3v) is 7.61. The molecular formula is C18H40O3P+. The zero-order valence-electron chi connectivity index (χ0n) is 15.5. The van der Waals surface area contributed by atoms with Crippen molar-refractivity contribution in [2.24, 2.45) is 11.8 Å². The first kappa shape index (κ1) is 22.3. The summed E-state index contributed by atoms with van der Waals surface area (Å²) in [5.74, 6) is 0.129. The van der Waals surface area contributed by atoms with Crippen molar-refractivity contribution in [2.75, 3.05) is 0 Å². The number of hydrogen-bond donors (Lipinski definition) is 3. The van der Waals surface area contributed by atoms with Crippen LogP contribution in [0.15, 0.2) is 0 Å². The average molecular weight is 335 g/mol. The van der Waals surface area contributed by atoms with Gasteiger partial charge in [0.15, 0.2) is 5.16 Å². The smallest absolute Gasteiger partial charge is 0.192 e. The predicted octanol–water partition coefficient (Wildman–Crippen LogP) is 5.70. The minimum Gasteiger partial charge on any atom is -0.192 e. The van der Waals surface area contributed by atoms with Gasteiger partial charge < -0.3 is 0 Å². The Balaban J connectivity index is 4.16. The van der Waals surface area contributed by atoms with Gasteiger partial charge in [0, 0.05) is 11.8 Å². The third-order valence-electron chi connectivity index (χ3n) is 5.24.